The Bertz CT molecular complexity index is 364. The predicted molar refractivity (Wildman–Crippen MR) is 81.1 cm³/mol. The zero-order chi connectivity index (χ0) is 14.3. The maximum absolute atomic E-state index is 14.1. The highest BCUT2D eigenvalue weighted by Crippen LogP contribution is 2.26. The van der Waals surface area contributed by atoms with Crippen molar-refractivity contribution in [1.82, 2.24) is 5.32 Å². The van der Waals surface area contributed by atoms with Crippen molar-refractivity contribution in [1.29, 1.82) is 0 Å². The largest absolute Gasteiger partial charge is 0.313 e. The molecule has 2 heteroatoms. The normalized spacial score (nSPS) is 12.7. The van der Waals surface area contributed by atoms with Crippen LogP contribution in [-0.2, 0) is 0 Å². The molecule has 19 heavy (non-hydrogen) atoms. The van der Waals surface area contributed by atoms with E-state index in [1.807, 2.05) is 20.9 Å². The van der Waals surface area contributed by atoms with Gasteiger partial charge in [0.25, 0.3) is 0 Å². The molecule has 108 valence electrons. The fourth-order valence-electron chi connectivity index (χ4n) is 2.75. The van der Waals surface area contributed by atoms with Gasteiger partial charge in [0, 0.05) is 11.6 Å². The van der Waals surface area contributed by atoms with Crippen LogP contribution < -0.4 is 5.32 Å². The van der Waals surface area contributed by atoms with Gasteiger partial charge >= 0.3 is 0 Å². The first kappa shape index (κ1) is 16.2. The molecule has 1 aromatic rings. The van der Waals surface area contributed by atoms with Crippen LogP contribution in [-0.4, -0.2) is 7.05 Å². The van der Waals surface area contributed by atoms with E-state index in [1.54, 1.807) is 6.07 Å². The summed E-state index contributed by atoms with van der Waals surface area (Å²) in [5, 5.41) is 3.27. The van der Waals surface area contributed by atoms with Gasteiger partial charge in [-0.2, -0.15) is 0 Å². The van der Waals surface area contributed by atoms with Crippen LogP contribution in [0.25, 0.3) is 0 Å². The molecule has 0 fully saturated rings. The fraction of sp³-hybridized carbons (Fsp3) is 0.647. The van der Waals surface area contributed by atoms with Gasteiger partial charge in [0.2, 0.25) is 0 Å². The van der Waals surface area contributed by atoms with E-state index in [9.17, 15) is 4.39 Å². The van der Waals surface area contributed by atoms with Crippen molar-refractivity contribution in [2.24, 2.45) is 0 Å². The monoisotopic (exact) mass is 265 g/mol. The molecule has 0 aromatic heterocycles. The van der Waals surface area contributed by atoms with Gasteiger partial charge in [-0.1, -0.05) is 45.1 Å². The quantitative estimate of drug-likeness (QED) is 0.647. The second-order valence-electron chi connectivity index (χ2n) is 5.52. The first-order valence-electron chi connectivity index (χ1n) is 7.54. The number of rotatable bonds is 8. The van der Waals surface area contributed by atoms with Crippen molar-refractivity contribution in [2.45, 2.75) is 65.3 Å². The van der Waals surface area contributed by atoms with Crippen LogP contribution in [0.1, 0.15) is 68.2 Å². The van der Waals surface area contributed by atoms with Crippen molar-refractivity contribution in [3.05, 3.63) is 34.6 Å². The van der Waals surface area contributed by atoms with Crippen molar-refractivity contribution in [3.8, 4) is 0 Å². The number of hydrogen-bond acceptors (Lipinski definition) is 1. The number of unbranched alkanes of at least 4 members (excludes halogenated alkanes) is 4. The van der Waals surface area contributed by atoms with Gasteiger partial charge in [0.05, 0.1) is 0 Å². The molecule has 0 bridgehead atoms. The molecule has 1 nitrogen and oxygen atoms in total. The average Bonchev–Trinajstić information content (AvgIpc) is 2.35. The third-order valence-electron chi connectivity index (χ3n) is 3.77. The first-order valence-corrected chi connectivity index (χ1v) is 7.54. The van der Waals surface area contributed by atoms with E-state index in [0.29, 0.717) is 0 Å². The van der Waals surface area contributed by atoms with Crippen molar-refractivity contribution >= 4 is 0 Å². The van der Waals surface area contributed by atoms with Crippen LogP contribution in [0, 0.1) is 19.7 Å². The zero-order valence-electron chi connectivity index (χ0n) is 12.9. The molecule has 0 saturated heterocycles. The Morgan fingerprint density at radius 1 is 1.11 bits per heavy atom. The predicted octanol–water partition coefficient (Wildman–Crippen LogP) is 5.06. The molecule has 0 amide bonds. The SMILES string of the molecule is CCCCCCCC(NC)c1c(C)cc(C)cc1F. The molecule has 1 aromatic carbocycles. The van der Waals surface area contributed by atoms with Gasteiger partial charge in [0.15, 0.2) is 0 Å². The highest BCUT2D eigenvalue weighted by Gasteiger charge is 2.16. The highest BCUT2D eigenvalue weighted by molar-refractivity contribution is 5.34. The van der Waals surface area contributed by atoms with Gasteiger partial charge in [-0.05, 0) is 44.5 Å². The highest BCUT2D eigenvalue weighted by atomic mass is 19.1. The molecule has 0 aliphatic rings. The molecule has 1 atom stereocenters. The third-order valence-corrected chi connectivity index (χ3v) is 3.77. The Hall–Kier alpha value is -0.890. The first-order chi connectivity index (χ1) is 9.10. The standard InChI is InChI=1S/C17H28FN/c1-5-6-7-8-9-10-16(19-4)17-14(3)11-13(2)12-15(17)18/h11-12,16,19H,5-10H2,1-4H3. The van der Waals surface area contributed by atoms with E-state index in [-0.39, 0.29) is 11.9 Å². The molecule has 1 rings (SSSR count). The molecular formula is C17H28FN. The smallest absolute Gasteiger partial charge is 0.128 e. The molecule has 1 N–H and O–H groups in total. The van der Waals surface area contributed by atoms with E-state index in [1.165, 1.54) is 25.7 Å². The van der Waals surface area contributed by atoms with E-state index in [2.05, 4.69) is 18.3 Å². The molecule has 0 aliphatic carbocycles. The van der Waals surface area contributed by atoms with E-state index in [0.717, 1.165) is 29.5 Å². The summed E-state index contributed by atoms with van der Waals surface area (Å²) in [6.07, 6.45) is 7.30. The lowest BCUT2D eigenvalue weighted by Crippen LogP contribution is -2.19. The third kappa shape index (κ3) is 4.94. The summed E-state index contributed by atoms with van der Waals surface area (Å²) >= 11 is 0. The molecule has 0 saturated carbocycles. The van der Waals surface area contributed by atoms with Crippen LogP contribution in [0.4, 0.5) is 4.39 Å². The number of benzene rings is 1. The zero-order valence-corrected chi connectivity index (χ0v) is 12.9. The number of halogens is 1. The van der Waals surface area contributed by atoms with Crippen molar-refractivity contribution in [2.75, 3.05) is 7.05 Å². The summed E-state index contributed by atoms with van der Waals surface area (Å²) in [4.78, 5) is 0. The molecule has 0 radical (unpaired) electrons. The lowest BCUT2D eigenvalue weighted by molar-refractivity contribution is 0.475. The van der Waals surface area contributed by atoms with Crippen LogP contribution in [0.15, 0.2) is 12.1 Å². The van der Waals surface area contributed by atoms with Gasteiger partial charge < -0.3 is 5.32 Å². The molecule has 0 heterocycles. The summed E-state index contributed by atoms with van der Waals surface area (Å²) in [5.74, 6) is -0.0644. The summed E-state index contributed by atoms with van der Waals surface area (Å²) < 4.78 is 14.1. The summed E-state index contributed by atoms with van der Waals surface area (Å²) in [5.41, 5.74) is 2.91. The number of hydrogen-bond donors (Lipinski definition) is 1. The lowest BCUT2D eigenvalue weighted by atomic mass is 9.94. The number of aryl methyl sites for hydroxylation is 2. The Kier molecular flexibility index (Phi) is 7.07. The minimum Gasteiger partial charge on any atom is -0.313 e. The molecule has 0 aliphatic heterocycles. The summed E-state index contributed by atoms with van der Waals surface area (Å²) in [7, 11) is 1.93. The Morgan fingerprint density at radius 3 is 2.37 bits per heavy atom. The Balaban J connectivity index is 2.64. The van der Waals surface area contributed by atoms with E-state index >= 15 is 0 Å². The Morgan fingerprint density at radius 2 is 1.79 bits per heavy atom. The van der Waals surface area contributed by atoms with Crippen molar-refractivity contribution < 1.29 is 4.39 Å². The summed E-state index contributed by atoms with van der Waals surface area (Å²) in [6, 6.07) is 3.85. The minimum absolute atomic E-state index is 0.0644. The lowest BCUT2D eigenvalue weighted by Gasteiger charge is -2.20. The summed E-state index contributed by atoms with van der Waals surface area (Å²) in [6.45, 7) is 6.17. The topological polar surface area (TPSA) is 12.0 Å². The molecular weight excluding hydrogens is 237 g/mol. The van der Waals surface area contributed by atoms with Gasteiger partial charge in [-0.15, -0.1) is 0 Å². The molecule has 1 unspecified atom stereocenters. The molecule has 0 spiro atoms. The van der Waals surface area contributed by atoms with Gasteiger partial charge in [0.1, 0.15) is 5.82 Å². The van der Waals surface area contributed by atoms with Gasteiger partial charge in [-0.25, -0.2) is 4.39 Å². The van der Waals surface area contributed by atoms with Crippen LogP contribution in [0.5, 0.6) is 0 Å². The van der Waals surface area contributed by atoms with E-state index < -0.39 is 0 Å². The van der Waals surface area contributed by atoms with Crippen LogP contribution in [0.2, 0.25) is 0 Å². The van der Waals surface area contributed by atoms with E-state index in [4.69, 9.17) is 0 Å². The van der Waals surface area contributed by atoms with Crippen LogP contribution >= 0.6 is 0 Å². The second-order valence-corrected chi connectivity index (χ2v) is 5.52. The maximum Gasteiger partial charge on any atom is 0.128 e. The van der Waals surface area contributed by atoms with Crippen LogP contribution in [0.3, 0.4) is 0 Å². The Labute approximate surface area is 117 Å². The second kappa shape index (κ2) is 8.31. The van der Waals surface area contributed by atoms with Crippen molar-refractivity contribution in [3.63, 3.8) is 0 Å². The fourth-order valence-corrected chi connectivity index (χ4v) is 2.75. The van der Waals surface area contributed by atoms with Gasteiger partial charge in [-0.3, -0.25) is 0 Å². The maximum atomic E-state index is 14.1. The minimum atomic E-state index is -0.0644. The average molecular weight is 265 g/mol. The number of nitrogens with one attached hydrogen (secondary N) is 1.